The van der Waals surface area contributed by atoms with Crippen molar-refractivity contribution in [3.05, 3.63) is 0 Å². The fraction of sp³-hybridized carbons (Fsp3) is 0.800. The Kier molecular flexibility index (Phi) is 1.74. The first kappa shape index (κ1) is 6.58. The van der Waals surface area contributed by atoms with Crippen molar-refractivity contribution in [2.45, 2.75) is 19.0 Å². The fourth-order valence-electron chi connectivity index (χ4n) is 0.854. The summed E-state index contributed by atoms with van der Waals surface area (Å²) in [4.78, 5) is 11.5. The normalized spacial score (nSPS) is 28.8. The molecule has 0 N–H and O–H groups in total. The molecule has 2 radical (unpaired) electrons. The van der Waals surface area contributed by atoms with Crippen molar-refractivity contribution >= 4 is 13.9 Å². The smallest absolute Gasteiger partial charge is 0.244 e. The van der Waals surface area contributed by atoms with Gasteiger partial charge in [-0.25, -0.2) is 4.39 Å². The van der Waals surface area contributed by atoms with Crippen molar-refractivity contribution in [3.8, 4) is 0 Å². The quantitative estimate of drug-likeness (QED) is 0.420. The number of hydrogen-bond donors (Lipinski definition) is 0. The number of hydrogen-bond acceptors (Lipinski definition) is 1. The Balaban J connectivity index is 2.52. The predicted octanol–water partition coefficient (Wildman–Crippen LogP) is 0.0304. The third-order valence-electron chi connectivity index (χ3n) is 1.41. The first-order chi connectivity index (χ1) is 4.22. The zero-order valence-corrected chi connectivity index (χ0v) is 5.01. The first-order valence-electron chi connectivity index (χ1n) is 2.92. The van der Waals surface area contributed by atoms with Gasteiger partial charge in [0.1, 0.15) is 0 Å². The van der Waals surface area contributed by atoms with Gasteiger partial charge < -0.3 is 4.81 Å². The highest BCUT2D eigenvalue weighted by atomic mass is 19.1. The van der Waals surface area contributed by atoms with E-state index in [1.54, 1.807) is 0 Å². The number of halogens is 1. The molecule has 1 rings (SSSR count). The van der Waals surface area contributed by atoms with Gasteiger partial charge in [0, 0.05) is 6.54 Å². The maximum absolute atomic E-state index is 12.4. The molecule has 1 atom stereocenters. The lowest BCUT2D eigenvalue weighted by molar-refractivity contribution is -0.134. The summed E-state index contributed by atoms with van der Waals surface area (Å²) in [5.41, 5.74) is 0. The zero-order chi connectivity index (χ0) is 6.85. The molecule has 9 heavy (non-hydrogen) atoms. The van der Waals surface area contributed by atoms with E-state index in [0.717, 1.165) is 4.81 Å². The van der Waals surface area contributed by atoms with Crippen molar-refractivity contribution in [1.29, 1.82) is 0 Å². The summed E-state index contributed by atoms with van der Waals surface area (Å²) in [5, 5.41) is 0. The maximum Gasteiger partial charge on any atom is 0.244 e. The molecule has 1 heterocycles. The van der Waals surface area contributed by atoms with E-state index in [1.165, 1.54) is 0 Å². The van der Waals surface area contributed by atoms with Crippen LogP contribution in [0.3, 0.4) is 0 Å². The van der Waals surface area contributed by atoms with Gasteiger partial charge in [0.05, 0.1) is 0 Å². The molecule has 1 amide bonds. The molecule has 2 nitrogen and oxygen atoms in total. The second-order valence-electron chi connectivity index (χ2n) is 2.14. The Morgan fingerprint density at radius 1 is 1.78 bits per heavy atom. The van der Waals surface area contributed by atoms with Crippen LogP contribution in [0.25, 0.3) is 0 Å². The lowest BCUT2D eigenvalue weighted by atomic mass is 10.1. The van der Waals surface area contributed by atoms with E-state index in [2.05, 4.69) is 0 Å². The Morgan fingerprint density at radius 3 is 2.89 bits per heavy atom. The number of nitrogens with zero attached hydrogens (tertiary/aromatic N) is 1. The molecule has 0 aromatic rings. The number of carbonyl (C=O) groups is 1. The molecule has 1 saturated heterocycles. The second kappa shape index (κ2) is 2.37. The highest BCUT2D eigenvalue weighted by Crippen LogP contribution is 2.11. The lowest BCUT2D eigenvalue weighted by Gasteiger charge is -2.24. The molecular weight excluding hydrogens is 120 g/mol. The zero-order valence-electron chi connectivity index (χ0n) is 5.01. The van der Waals surface area contributed by atoms with Gasteiger partial charge in [0.2, 0.25) is 13.9 Å². The number of alkyl halides is 1. The summed E-state index contributed by atoms with van der Waals surface area (Å²) in [5.74, 6) is -0.582. The van der Waals surface area contributed by atoms with Crippen LogP contribution in [0.1, 0.15) is 12.8 Å². The minimum atomic E-state index is -1.36. The molecular formula is C5H7BFNO. The van der Waals surface area contributed by atoms with Gasteiger partial charge >= 0.3 is 0 Å². The van der Waals surface area contributed by atoms with Crippen LogP contribution in [0.5, 0.6) is 0 Å². The van der Waals surface area contributed by atoms with Crippen LogP contribution >= 0.6 is 0 Å². The molecule has 0 aliphatic carbocycles. The molecule has 0 bridgehead atoms. The molecule has 4 heteroatoms. The topological polar surface area (TPSA) is 20.3 Å². The average Bonchev–Trinajstić information content (AvgIpc) is 1.83. The van der Waals surface area contributed by atoms with E-state index in [4.69, 9.17) is 7.98 Å². The van der Waals surface area contributed by atoms with Crippen LogP contribution < -0.4 is 0 Å². The number of amides is 1. The lowest BCUT2D eigenvalue weighted by Crippen LogP contribution is -2.40. The van der Waals surface area contributed by atoms with Crippen molar-refractivity contribution in [3.63, 3.8) is 0 Å². The van der Waals surface area contributed by atoms with E-state index in [0.29, 0.717) is 19.4 Å². The molecule has 1 aliphatic rings. The highest BCUT2D eigenvalue weighted by molar-refractivity contribution is 6.15. The Labute approximate surface area is 54.5 Å². The van der Waals surface area contributed by atoms with Gasteiger partial charge in [-0.3, -0.25) is 4.79 Å². The summed E-state index contributed by atoms with van der Waals surface area (Å²) in [6.07, 6.45) is -0.362. The molecule has 48 valence electrons. The summed E-state index contributed by atoms with van der Waals surface area (Å²) >= 11 is 0. The molecule has 1 aliphatic heterocycles. The molecule has 0 aromatic carbocycles. The van der Waals surface area contributed by atoms with Gasteiger partial charge in [0.15, 0.2) is 6.17 Å². The largest absolute Gasteiger partial charge is 0.394 e. The van der Waals surface area contributed by atoms with E-state index in [1.807, 2.05) is 0 Å². The van der Waals surface area contributed by atoms with Crippen LogP contribution in [0.2, 0.25) is 0 Å². The monoisotopic (exact) mass is 127 g/mol. The summed E-state index contributed by atoms with van der Waals surface area (Å²) in [6.45, 7) is 0.485. The molecule has 0 saturated carbocycles. The van der Waals surface area contributed by atoms with Crippen molar-refractivity contribution in [2.75, 3.05) is 6.54 Å². The molecule has 1 fully saturated rings. The molecule has 1 unspecified atom stereocenters. The summed E-state index contributed by atoms with van der Waals surface area (Å²) < 4.78 is 12.4. The van der Waals surface area contributed by atoms with Crippen LogP contribution in [0.15, 0.2) is 0 Å². The van der Waals surface area contributed by atoms with Crippen molar-refractivity contribution in [1.82, 2.24) is 4.81 Å². The maximum atomic E-state index is 12.4. The van der Waals surface area contributed by atoms with Crippen molar-refractivity contribution < 1.29 is 9.18 Å². The van der Waals surface area contributed by atoms with Gasteiger partial charge in [-0.05, 0) is 12.8 Å². The third kappa shape index (κ3) is 1.23. The SMILES string of the molecule is [B]N1CCCC(F)C1=O. The molecule has 0 aromatic heterocycles. The third-order valence-corrected chi connectivity index (χ3v) is 1.41. The first-order valence-corrected chi connectivity index (χ1v) is 2.92. The minimum Gasteiger partial charge on any atom is -0.394 e. The van der Waals surface area contributed by atoms with Gasteiger partial charge in [-0.15, -0.1) is 0 Å². The van der Waals surface area contributed by atoms with Crippen molar-refractivity contribution in [2.24, 2.45) is 0 Å². The predicted molar refractivity (Wildman–Crippen MR) is 31.6 cm³/mol. The number of piperidine rings is 1. The fourth-order valence-corrected chi connectivity index (χ4v) is 0.854. The van der Waals surface area contributed by atoms with E-state index >= 15 is 0 Å². The standard InChI is InChI=1S/C5H7BFNO/c6-8-3-1-2-4(7)5(8)9/h4H,1-3H2. The second-order valence-corrected chi connectivity index (χ2v) is 2.14. The summed E-state index contributed by atoms with van der Waals surface area (Å²) in [7, 11) is 5.11. The Bertz CT molecular complexity index is 118. The van der Waals surface area contributed by atoms with Crippen LogP contribution in [0.4, 0.5) is 4.39 Å². The van der Waals surface area contributed by atoms with Crippen LogP contribution in [-0.4, -0.2) is 31.4 Å². The van der Waals surface area contributed by atoms with E-state index < -0.39 is 12.1 Å². The van der Waals surface area contributed by atoms with E-state index in [9.17, 15) is 9.18 Å². The Morgan fingerprint density at radius 2 is 2.44 bits per heavy atom. The number of rotatable bonds is 0. The number of carbonyl (C=O) groups excluding carboxylic acids is 1. The van der Waals surface area contributed by atoms with Gasteiger partial charge in [0.25, 0.3) is 0 Å². The van der Waals surface area contributed by atoms with E-state index in [-0.39, 0.29) is 0 Å². The average molecular weight is 127 g/mol. The molecule has 0 spiro atoms. The van der Waals surface area contributed by atoms with Crippen LogP contribution in [0, 0.1) is 0 Å². The summed E-state index contributed by atoms with van der Waals surface area (Å²) in [6, 6.07) is 0. The highest BCUT2D eigenvalue weighted by Gasteiger charge is 2.24. The van der Waals surface area contributed by atoms with Gasteiger partial charge in [-0.1, -0.05) is 0 Å². The minimum absolute atomic E-state index is 0.326. The van der Waals surface area contributed by atoms with Gasteiger partial charge in [-0.2, -0.15) is 0 Å². The Hall–Kier alpha value is -0.535. The van der Waals surface area contributed by atoms with Crippen LogP contribution in [-0.2, 0) is 4.79 Å².